The first-order valence-corrected chi connectivity index (χ1v) is 5.21. The molecule has 1 heterocycles. The highest BCUT2D eigenvalue weighted by Gasteiger charge is 2.05. The van der Waals surface area contributed by atoms with Crippen LogP contribution in [0, 0.1) is 5.82 Å². The van der Waals surface area contributed by atoms with Crippen LogP contribution in [-0.4, -0.2) is 22.7 Å². The Labute approximate surface area is 93.3 Å². The molecule has 0 saturated heterocycles. The van der Waals surface area contributed by atoms with E-state index < -0.39 is 11.9 Å². The number of hydrogen-bond acceptors (Lipinski definition) is 3. The monoisotopic (exact) mass is 232 g/mol. The smallest absolute Gasteiger partial charge is 0.146 e. The zero-order valence-corrected chi connectivity index (χ0v) is 9.26. The quantitative estimate of drug-likeness (QED) is 0.761. The molecule has 0 aromatic carbocycles. The highest BCUT2D eigenvalue weighted by atomic mass is 35.5. The molecule has 0 aliphatic carbocycles. The van der Waals surface area contributed by atoms with Gasteiger partial charge in [-0.3, -0.25) is 0 Å². The normalized spacial score (nSPS) is 12.8. The highest BCUT2D eigenvalue weighted by Crippen LogP contribution is 2.09. The molecule has 84 valence electrons. The van der Waals surface area contributed by atoms with Gasteiger partial charge < -0.3 is 10.4 Å². The van der Waals surface area contributed by atoms with Crippen LogP contribution >= 0.6 is 11.6 Å². The van der Waals surface area contributed by atoms with Crippen molar-refractivity contribution in [3.8, 4) is 0 Å². The molecule has 1 unspecified atom stereocenters. The number of hydrogen-bond donors (Lipinski definition) is 2. The van der Waals surface area contributed by atoms with Crippen molar-refractivity contribution in [2.24, 2.45) is 0 Å². The molecule has 15 heavy (non-hydrogen) atoms. The van der Waals surface area contributed by atoms with Crippen molar-refractivity contribution in [1.82, 2.24) is 10.3 Å². The van der Waals surface area contributed by atoms with Crippen LogP contribution < -0.4 is 5.32 Å². The molecule has 1 aromatic rings. The van der Waals surface area contributed by atoms with Gasteiger partial charge in [-0.2, -0.15) is 0 Å². The van der Waals surface area contributed by atoms with Gasteiger partial charge in [-0.15, -0.1) is 0 Å². The Hall–Kier alpha value is -0.710. The van der Waals surface area contributed by atoms with Gasteiger partial charge in [0.05, 0.1) is 11.8 Å². The van der Waals surface area contributed by atoms with Crippen molar-refractivity contribution < 1.29 is 9.50 Å². The molecule has 0 spiro atoms. The van der Waals surface area contributed by atoms with Crippen LogP contribution in [0.2, 0.25) is 5.15 Å². The third-order valence-electron chi connectivity index (χ3n) is 2.03. The summed E-state index contributed by atoms with van der Waals surface area (Å²) in [4.78, 5) is 3.84. The van der Waals surface area contributed by atoms with Crippen molar-refractivity contribution in [3.63, 3.8) is 0 Å². The van der Waals surface area contributed by atoms with Crippen LogP contribution in [0.15, 0.2) is 12.1 Å². The van der Waals surface area contributed by atoms with Crippen LogP contribution in [-0.2, 0) is 6.54 Å². The number of nitrogens with one attached hydrogen (secondary N) is 1. The van der Waals surface area contributed by atoms with Gasteiger partial charge in [0.2, 0.25) is 0 Å². The lowest BCUT2D eigenvalue weighted by Gasteiger charge is -2.09. The molecule has 0 saturated carbocycles. The van der Waals surface area contributed by atoms with E-state index in [1.165, 1.54) is 12.1 Å². The molecule has 0 bridgehead atoms. The predicted octanol–water partition coefficient (Wildman–Crippen LogP) is 1.73. The van der Waals surface area contributed by atoms with Crippen LogP contribution in [0.25, 0.3) is 0 Å². The zero-order chi connectivity index (χ0) is 11.3. The fourth-order valence-corrected chi connectivity index (χ4v) is 1.25. The molecule has 3 nitrogen and oxygen atoms in total. The summed E-state index contributed by atoms with van der Waals surface area (Å²) in [6.07, 6.45) is 0.255. The molecule has 1 atom stereocenters. The third kappa shape index (κ3) is 4.11. The van der Waals surface area contributed by atoms with Crippen LogP contribution in [0.4, 0.5) is 4.39 Å². The second kappa shape index (κ2) is 6.00. The largest absolute Gasteiger partial charge is 0.392 e. The van der Waals surface area contributed by atoms with Gasteiger partial charge in [0, 0.05) is 13.1 Å². The Balaban J connectivity index is 2.46. The fourth-order valence-electron chi connectivity index (χ4n) is 1.08. The molecule has 0 fully saturated rings. The van der Waals surface area contributed by atoms with Gasteiger partial charge in [0.15, 0.2) is 0 Å². The first kappa shape index (κ1) is 12.4. The number of pyridine rings is 1. The second-order valence-electron chi connectivity index (χ2n) is 3.26. The topological polar surface area (TPSA) is 45.1 Å². The van der Waals surface area contributed by atoms with Gasteiger partial charge >= 0.3 is 0 Å². The SMILES string of the molecule is CCC(O)CNCc1nc(Cl)ccc1F. The van der Waals surface area contributed by atoms with Crippen molar-refractivity contribution in [3.05, 3.63) is 28.8 Å². The van der Waals surface area contributed by atoms with Crippen molar-refractivity contribution in [1.29, 1.82) is 0 Å². The lowest BCUT2D eigenvalue weighted by Crippen LogP contribution is -2.26. The number of nitrogens with zero attached hydrogens (tertiary/aromatic N) is 1. The third-order valence-corrected chi connectivity index (χ3v) is 2.24. The number of rotatable bonds is 5. The molecule has 1 rings (SSSR count). The second-order valence-corrected chi connectivity index (χ2v) is 3.64. The van der Waals surface area contributed by atoms with Gasteiger partial charge in [-0.1, -0.05) is 18.5 Å². The van der Waals surface area contributed by atoms with Crippen molar-refractivity contribution in [2.45, 2.75) is 26.0 Å². The minimum absolute atomic E-state index is 0.267. The maximum absolute atomic E-state index is 13.2. The lowest BCUT2D eigenvalue weighted by molar-refractivity contribution is 0.167. The maximum Gasteiger partial charge on any atom is 0.146 e. The molecular formula is C10H14ClFN2O. The van der Waals surface area contributed by atoms with E-state index in [1.807, 2.05) is 6.92 Å². The van der Waals surface area contributed by atoms with Crippen LogP contribution in [0.1, 0.15) is 19.0 Å². The minimum atomic E-state index is -0.410. The van der Waals surface area contributed by atoms with Crippen molar-refractivity contribution in [2.75, 3.05) is 6.54 Å². The Morgan fingerprint density at radius 3 is 3.00 bits per heavy atom. The first-order valence-electron chi connectivity index (χ1n) is 4.83. The Morgan fingerprint density at radius 2 is 2.33 bits per heavy atom. The molecule has 2 N–H and O–H groups in total. The van der Waals surface area contributed by atoms with E-state index in [0.717, 1.165) is 0 Å². The summed E-state index contributed by atoms with van der Waals surface area (Å²) in [5.74, 6) is -0.391. The summed E-state index contributed by atoms with van der Waals surface area (Å²) in [6.45, 7) is 2.57. The Kier molecular flexibility index (Phi) is 4.94. The van der Waals surface area contributed by atoms with Gasteiger partial charge in [0.1, 0.15) is 11.0 Å². The van der Waals surface area contributed by atoms with Crippen molar-refractivity contribution >= 4 is 11.6 Å². The summed E-state index contributed by atoms with van der Waals surface area (Å²) in [6, 6.07) is 2.68. The van der Waals surface area contributed by atoms with E-state index in [2.05, 4.69) is 10.3 Å². The number of aliphatic hydroxyl groups excluding tert-OH is 1. The van der Waals surface area contributed by atoms with Gasteiger partial charge in [0.25, 0.3) is 0 Å². The summed E-state index contributed by atoms with van der Waals surface area (Å²) < 4.78 is 13.2. The molecule has 0 radical (unpaired) electrons. The average molecular weight is 233 g/mol. The lowest BCUT2D eigenvalue weighted by atomic mass is 10.2. The van der Waals surface area contributed by atoms with E-state index in [4.69, 9.17) is 11.6 Å². The van der Waals surface area contributed by atoms with E-state index in [9.17, 15) is 9.50 Å². The summed E-state index contributed by atoms with van der Waals surface area (Å²) in [5.41, 5.74) is 0.269. The maximum atomic E-state index is 13.2. The van der Waals surface area contributed by atoms with Crippen LogP contribution in [0.5, 0.6) is 0 Å². The first-order chi connectivity index (χ1) is 7.13. The number of halogens is 2. The Morgan fingerprint density at radius 1 is 1.60 bits per heavy atom. The van der Waals surface area contributed by atoms with Gasteiger partial charge in [-0.25, -0.2) is 9.37 Å². The predicted molar refractivity (Wildman–Crippen MR) is 57.2 cm³/mol. The Bertz CT molecular complexity index is 322. The molecule has 0 aliphatic rings. The molecule has 1 aromatic heterocycles. The minimum Gasteiger partial charge on any atom is -0.392 e. The molecular weight excluding hydrogens is 219 g/mol. The van der Waals surface area contributed by atoms with E-state index in [0.29, 0.717) is 13.0 Å². The van der Waals surface area contributed by atoms with Crippen LogP contribution in [0.3, 0.4) is 0 Å². The summed E-state index contributed by atoms with van der Waals surface area (Å²) in [7, 11) is 0. The van der Waals surface area contributed by atoms with Gasteiger partial charge in [-0.05, 0) is 18.6 Å². The van der Waals surface area contributed by atoms with E-state index >= 15 is 0 Å². The average Bonchev–Trinajstić information content (AvgIpc) is 2.23. The standard InChI is InChI=1S/C10H14ClFN2O/c1-2-7(15)5-13-6-9-8(12)3-4-10(11)14-9/h3-4,7,13,15H,2,5-6H2,1H3. The number of aliphatic hydroxyl groups is 1. The molecule has 0 aliphatic heterocycles. The fraction of sp³-hybridized carbons (Fsp3) is 0.500. The molecule has 5 heteroatoms. The number of aromatic nitrogens is 1. The van der Waals surface area contributed by atoms with E-state index in [-0.39, 0.29) is 17.4 Å². The molecule has 0 amide bonds. The summed E-state index contributed by atoms with van der Waals surface area (Å²) >= 11 is 5.63. The highest BCUT2D eigenvalue weighted by molar-refractivity contribution is 6.29. The summed E-state index contributed by atoms with van der Waals surface area (Å²) in [5, 5.41) is 12.4. The zero-order valence-electron chi connectivity index (χ0n) is 8.50. The van der Waals surface area contributed by atoms with E-state index in [1.54, 1.807) is 0 Å².